The fourth-order valence-electron chi connectivity index (χ4n) is 3.26. The molecule has 1 aliphatic heterocycles. The highest BCUT2D eigenvalue weighted by molar-refractivity contribution is 7.91. The number of aryl methyl sites for hydroxylation is 2. The van der Waals surface area contributed by atoms with E-state index < -0.39 is 9.84 Å². The Labute approximate surface area is 159 Å². The van der Waals surface area contributed by atoms with Gasteiger partial charge in [0.2, 0.25) is 5.95 Å². The Morgan fingerprint density at radius 2 is 2.07 bits per heavy atom. The molecule has 7 nitrogen and oxygen atoms in total. The number of nitrogens with one attached hydrogen (secondary N) is 1. The minimum Gasteiger partial charge on any atom is -0.334 e. The van der Waals surface area contributed by atoms with Crippen molar-refractivity contribution in [3.63, 3.8) is 0 Å². The molecular weight excluding hydrogens is 364 g/mol. The van der Waals surface area contributed by atoms with Crippen molar-refractivity contribution < 1.29 is 13.2 Å². The smallest absolute Gasteiger partial charge is 0.272 e. The molecule has 0 bridgehead atoms. The molecule has 1 N–H and O–H groups in total. The molecule has 144 valence electrons. The lowest BCUT2D eigenvalue weighted by atomic mass is 10.1. The minimum atomic E-state index is -3.06. The first kappa shape index (κ1) is 19.3. The summed E-state index contributed by atoms with van der Waals surface area (Å²) < 4.78 is 23.5. The number of carbonyl (C=O) groups excluding carboxylic acids is 1. The van der Waals surface area contributed by atoms with Gasteiger partial charge >= 0.3 is 0 Å². The molecule has 1 amide bonds. The maximum absolute atomic E-state index is 12.9. The number of hydrogen-bond donors (Lipinski definition) is 1. The first-order valence-electron chi connectivity index (χ1n) is 8.98. The van der Waals surface area contributed by atoms with Crippen LogP contribution in [0.3, 0.4) is 0 Å². The summed E-state index contributed by atoms with van der Waals surface area (Å²) in [6.07, 6.45) is 2.01. The molecule has 0 aliphatic carbocycles. The Morgan fingerprint density at radius 1 is 1.30 bits per heavy atom. The zero-order valence-electron chi connectivity index (χ0n) is 15.8. The van der Waals surface area contributed by atoms with Gasteiger partial charge in [-0.2, -0.15) is 0 Å². The van der Waals surface area contributed by atoms with Gasteiger partial charge in [-0.1, -0.05) is 12.1 Å². The first-order chi connectivity index (χ1) is 12.8. The van der Waals surface area contributed by atoms with E-state index in [2.05, 4.69) is 15.3 Å². The summed E-state index contributed by atoms with van der Waals surface area (Å²) in [5.41, 5.74) is 3.29. The first-order valence-corrected chi connectivity index (χ1v) is 10.8. The van der Waals surface area contributed by atoms with Crippen molar-refractivity contribution in [3.05, 3.63) is 47.3 Å². The topological polar surface area (TPSA) is 92.3 Å². The SMILES string of the molecule is CCN(C(=O)c1ccnc(Nc2cc(C)ccc2C)n1)C1CCS(=O)(=O)C1. The molecule has 0 radical (unpaired) electrons. The summed E-state index contributed by atoms with van der Waals surface area (Å²) in [4.78, 5) is 23.1. The van der Waals surface area contributed by atoms with Crippen LogP contribution in [-0.2, 0) is 9.84 Å². The number of nitrogens with zero attached hydrogens (tertiary/aromatic N) is 3. The van der Waals surface area contributed by atoms with E-state index in [1.165, 1.54) is 6.20 Å². The average Bonchev–Trinajstić information content (AvgIpc) is 2.98. The van der Waals surface area contributed by atoms with E-state index in [1.54, 1.807) is 11.0 Å². The van der Waals surface area contributed by atoms with E-state index in [-0.39, 0.29) is 29.1 Å². The molecule has 1 fully saturated rings. The van der Waals surface area contributed by atoms with Crippen LogP contribution in [-0.4, -0.2) is 53.3 Å². The van der Waals surface area contributed by atoms with Crippen LogP contribution in [0.25, 0.3) is 0 Å². The van der Waals surface area contributed by atoms with Crippen LogP contribution in [0.15, 0.2) is 30.5 Å². The Balaban J connectivity index is 1.81. The molecule has 1 aromatic heterocycles. The molecule has 1 saturated heterocycles. The number of carbonyl (C=O) groups is 1. The number of benzene rings is 1. The van der Waals surface area contributed by atoms with E-state index in [0.29, 0.717) is 18.9 Å². The van der Waals surface area contributed by atoms with Gasteiger partial charge in [0, 0.05) is 24.5 Å². The number of aromatic nitrogens is 2. The van der Waals surface area contributed by atoms with Crippen molar-refractivity contribution in [3.8, 4) is 0 Å². The molecule has 3 rings (SSSR count). The van der Waals surface area contributed by atoms with Gasteiger partial charge in [0.05, 0.1) is 11.5 Å². The lowest BCUT2D eigenvalue weighted by Crippen LogP contribution is -2.41. The summed E-state index contributed by atoms with van der Waals surface area (Å²) in [6.45, 7) is 6.26. The van der Waals surface area contributed by atoms with Gasteiger partial charge in [0.25, 0.3) is 5.91 Å². The summed E-state index contributed by atoms with van der Waals surface area (Å²) >= 11 is 0. The van der Waals surface area contributed by atoms with Gasteiger partial charge in [-0.15, -0.1) is 0 Å². The predicted octanol–water partition coefficient (Wildman–Crippen LogP) is 2.49. The van der Waals surface area contributed by atoms with Crippen LogP contribution in [0.4, 0.5) is 11.6 Å². The van der Waals surface area contributed by atoms with E-state index in [0.717, 1.165) is 16.8 Å². The second-order valence-corrected chi connectivity index (χ2v) is 9.09. The van der Waals surface area contributed by atoms with Gasteiger partial charge in [-0.05, 0) is 50.5 Å². The van der Waals surface area contributed by atoms with Crippen LogP contribution in [0.1, 0.15) is 35.0 Å². The lowest BCUT2D eigenvalue weighted by Gasteiger charge is -2.26. The van der Waals surface area contributed by atoms with Crippen molar-refractivity contribution in [2.75, 3.05) is 23.4 Å². The second kappa shape index (κ2) is 7.64. The molecule has 0 saturated carbocycles. The van der Waals surface area contributed by atoms with E-state index in [9.17, 15) is 13.2 Å². The molecule has 1 aromatic carbocycles. The van der Waals surface area contributed by atoms with Gasteiger partial charge in [-0.3, -0.25) is 4.79 Å². The van der Waals surface area contributed by atoms with Gasteiger partial charge in [0.1, 0.15) is 5.69 Å². The molecule has 2 aromatic rings. The third-order valence-corrected chi connectivity index (χ3v) is 6.52. The summed E-state index contributed by atoms with van der Waals surface area (Å²) in [6, 6.07) is 7.29. The van der Waals surface area contributed by atoms with Crippen LogP contribution < -0.4 is 5.32 Å². The number of amides is 1. The monoisotopic (exact) mass is 388 g/mol. The third-order valence-electron chi connectivity index (χ3n) is 4.76. The molecular formula is C19H24N4O3S. The Hall–Kier alpha value is -2.48. The molecule has 2 heterocycles. The highest BCUT2D eigenvalue weighted by Crippen LogP contribution is 2.22. The number of sulfone groups is 1. The summed E-state index contributed by atoms with van der Waals surface area (Å²) in [5.74, 6) is 0.214. The van der Waals surface area contributed by atoms with Crippen molar-refractivity contribution in [2.24, 2.45) is 0 Å². The fourth-order valence-corrected chi connectivity index (χ4v) is 5.00. The van der Waals surface area contributed by atoms with Crippen LogP contribution >= 0.6 is 0 Å². The molecule has 0 spiro atoms. The number of rotatable bonds is 5. The number of hydrogen-bond acceptors (Lipinski definition) is 6. The van der Waals surface area contributed by atoms with Crippen LogP contribution in [0, 0.1) is 13.8 Å². The Morgan fingerprint density at radius 3 is 2.74 bits per heavy atom. The molecule has 27 heavy (non-hydrogen) atoms. The van der Waals surface area contributed by atoms with Crippen molar-refractivity contribution in [1.82, 2.24) is 14.9 Å². The van der Waals surface area contributed by atoms with Crippen molar-refractivity contribution in [1.29, 1.82) is 0 Å². The Bertz CT molecular complexity index is 959. The van der Waals surface area contributed by atoms with Gasteiger partial charge in [0.15, 0.2) is 9.84 Å². The van der Waals surface area contributed by atoms with E-state index in [4.69, 9.17) is 0 Å². The van der Waals surface area contributed by atoms with Crippen LogP contribution in [0.5, 0.6) is 0 Å². The van der Waals surface area contributed by atoms with Crippen LogP contribution in [0.2, 0.25) is 0 Å². The molecule has 1 atom stereocenters. The van der Waals surface area contributed by atoms with Gasteiger partial charge in [-0.25, -0.2) is 18.4 Å². The zero-order valence-corrected chi connectivity index (χ0v) is 16.6. The van der Waals surface area contributed by atoms with Crippen molar-refractivity contribution >= 4 is 27.4 Å². The zero-order chi connectivity index (χ0) is 19.6. The maximum atomic E-state index is 12.9. The highest BCUT2D eigenvalue weighted by atomic mass is 32.2. The summed E-state index contributed by atoms with van der Waals surface area (Å²) in [7, 11) is -3.06. The largest absolute Gasteiger partial charge is 0.334 e. The maximum Gasteiger partial charge on any atom is 0.272 e. The predicted molar refractivity (Wildman–Crippen MR) is 105 cm³/mol. The highest BCUT2D eigenvalue weighted by Gasteiger charge is 2.34. The second-order valence-electron chi connectivity index (χ2n) is 6.86. The average molecular weight is 388 g/mol. The molecule has 8 heteroatoms. The Kier molecular flexibility index (Phi) is 5.46. The standard InChI is InChI=1S/C19H24N4O3S/c1-4-23(15-8-10-27(25,26)12-15)18(24)16-7-9-20-19(21-16)22-17-11-13(2)5-6-14(17)3/h5-7,9,11,15H,4,8,10,12H2,1-3H3,(H,20,21,22). The molecule has 1 unspecified atom stereocenters. The molecule has 1 aliphatic rings. The van der Waals surface area contributed by atoms with Crippen molar-refractivity contribution in [2.45, 2.75) is 33.2 Å². The minimum absolute atomic E-state index is 0.0191. The third kappa shape index (κ3) is 4.44. The van der Waals surface area contributed by atoms with E-state index >= 15 is 0 Å². The fraction of sp³-hybridized carbons (Fsp3) is 0.421. The normalized spacial score (nSPS) is 18.3. The summed E-state index contributed by atoms with van der Waals surface area (Å²) in [5, 5.41) is 3.16. The number of anilines is 2. The lowest BCUT2D eigenvalue weighted by molar-refractivity contribution is 0.0702. The van der Waals surface area contributed by atoms with E-state index in [1.807, 2.05) is 39.0 Å². The quantitative estimate of drug-likeness (QED) is 0.846. The van der Waals surface area contributed by atoms with Gasteiger partial charge < -0.3 is 10.2 Å².